The quantitative estimate of drug-likeness (QED) is 0.384. The number of fused-ring (bicyclic) bond motifs is 2. The zero-order valence-corrected chi connectivity index (χ0v) is 19.4. The summed E-state index contributed by atoms with van der Waals surface area (Å²) < 4.78 is 11.9. The van der Waals surface area contributed by atoms with Gasteiger partial charge in [-0.2, -0.15) is 0 Å². The Morgan fingerprint density at radius 3 is 2.71 bits per heavy atom. The van der Waals surface area contributed by atoms with Crippen molar-refractivity contribution in [2.45, 2.75) is 45.4 Å². The second-order valence-corrected chi connectivity index (χ2v) is 9.11. The number of hydrogen-bond acceptors (Lipinski definition) is 5. The molecule has 1 aliphatic heterocycles. The fraction of sp³-hybridized carbons (Fsp3) is 0.286. The van der Waals surface area contributed by atoms with Crippen molar-refractivity contribution in [1.29, 1.82) is 0 Å². The molecule has 0 spiro atoms. The Labute approximate surface area is 198 Å². The van der Waals surface area contributed by atoms with Crippen LogP contribution in [-0.2, 0) is 24.4 Å². The lowest BCUT2D eigenvalue weighted by Crippen LogP contribution is -2.39. The molecular formula is C28H28N2O4. The van der Waals surface area contributed by atoms with E-state index in [0.717, 1.165) is 45.7 Å². The second kappa shape index (κ2) is 9.31. The van der Waals surface area contributed by atoms with Gasteiger partial charge < -0.3 is 14.3 Å². The highest BCUT2D eigenvalue weighted by molar-refractivity contribution is 5.77. The average molecular weight is 457 g/mol. The maximum Gasteiger partial charge on any atom is 0.325 e. The van der Waals surface area contributed by atoms with Gasteiger partial charge in [0.2, 0.25) is 0 Å². The third-order valence-corrected chi connectivity index (χ3v) is 6.28. The number of rotatable bonds is 7. The molecule has 5 rings (SSSR count). The van der Waals surface area contributed by atoms with Crippen molar-refractivity contribution in [1.82, 2.24) is 9.88 Å². The van der Waals surface area contributed by atoms with E-state index < -0.39 is 12.0 Å². The van der Waals surface area contributed by atoms with Crippen molar-refractivity contribution in [3.63, 3.8) is 0 Å². The lowest BCUT2D eigenvalue weighted by Gasteiger charge is -2.35. The van der Waals surface area contributed by atoms with Gasteiger partial charge >= 0.3 is 5.97 Å². The molecule has 174 valence electrons. The number of nitrogens with zero attached hydrogens (tertiary/aromatic N) is 2. The molecule has 6 heteroatoms. The van der Waals surface area contributed by atoms with E-state index >= 15 is 0 Å². The van der Waals surface area contributed by atoms with E-state index in [1.54, 1.807) is 0 Å². The molecule has 34 heavy (non-hydrogen) atoms. The third-order valence-electron chi connectivity index (χ3n) is 6.28. The fourth-order valence-electron chi connectivity index (χ4n) is 4.50. The molecule has 6 nitrogen and oxygen atoms in total. The van der Waals surface area contributed by atoms with Crippen LogP contribution < -0.4 is 4.74 Å². The van der Waals surface area contributed by atoms with E-state index in [1.807, 2.05) is 71.6 Å². The van der Waals surface area contributed by atoms with Crippen LogP contribution in [0.4, 0.5) is 0 Å². The number of carbonyl (C=O) groups is 1. The lowest BCUT2D eigenvalue weighted by atomic mass is 9.92. The van der Waals surface area contributed by atoms with Crippen molar-refractivity contribution < 1.29 is 19.1 Å². The predicted molar refractivity (Wildman–Crippen MR) is 130 cm³/mol. The Morgan fingerprint density at radius 2 is 1.94 bits per heavy atom. The molecule has 0 aliphatic carbocycles. The molecule has 0 amide bonds. The molecule has 0 saturated heterocycles. The topological polar surface area (TPSA) is 75.8 Å². The first-order valence-corrected chi connectivity index (χ1v) is 11.6. The summed E-state index contributed by atoms with van der Waals surface area (Å²) in [5.74, 6) is 0.770. The lowest BCUT2D eigenvalue weighted by molar-refractivity contribution is -0.144. The third kappa shape index (κ3) is 4.54. The van der Waals surface area contributed by atoms with Crippen molar-refractivity contribution in [3.8, 4) is 5.75 Å². The molecule has 3 aromatic carbocycles. The number of oxazole rings is 1. The number of ether oxygens (including phenoxy) is 1. The molecule has 2 heterocycles. The average Bonchev–Trinajstić information content (AvgIpc) is 3.27. The van der Waals surface area contributed by atoms with Crippen molar-refractivity contribution in [2.24, 2.45) is 0 Å². The van der Waals surface area contributed by atoms with Crippen LogP contribution in [0.2, 0.25) is 0 Å². The summed E-state index contributed by atoms with van der Waals surface area (Å²) in [5.41, 5.74) is 5.53. The Kier molecular flexibility index (Phi) is 6.07. The number of aromatic nitrogens is 1. The van der Waals surface area contributed by atoms with Crippen LogP contribution >= 0.6 is 0 Å². The zero-order valence-electron chi connectivity index (χ0n) is 19.4. The molecule has 1 aromatic heterocycles. The SMILES string of the molecule is CC(C)c1nc2ccc(COc3ccc4c(c3)C(C(=O)O)N(Cc3ccccc3)CC4)cc2o1. The monoisotopic (exact) mass is 456 g/mol. The number of hydrogen-bond donors (Lipinski definition) is 1. The fourth-order valence-corrected chi connectivity index (χ4v) is 4.50. The summed E-state index contributed by atoms with van der Waals surface area (Å²) in [6, 6.07) is 21.0. The maximum absolute atomic E-state index is 12.3. The minimum atomic E-state index is -0.842. The Balaban J connectivity index is 1.35. The van der Waals surface area contributed by atoms with Gasteiger partial charge in [-0.05, 0) is 52.9 Å². The molecule has 4 aromatic rings. The molecule has 0 bridgehead atoms. The maximum atomic E-state index is 12.3. The van der Waals surface area contributed by atoms with E-state index in [9.17, 15) is 9.90 Å². The summed E-state index contributed by atoms with van der Waals surface area (Å²) in [5, 5.41) is 10.1. The van der Waals surface area contributed by atoms with Gasteiger partial charge in [-0.3, -0.25) is 9.69 Å². The molecule has 0 fully saturated rings. The van der Waals surface area contributed by atoms with Gasteiger partial charge in [0.25, 0.3) is 0 Å². The predicted octanol–water partition coefficient (Wildman–Crippen LogP) is 5.71. The number of carboxylic acids is 1. The first kappa shape index (κ1) is 22.2. The van der Waals surface area contributed by atoms with E-state index in [1.165, 1.54) is 0 Å². The van der Waals surface area contributed by atoms with Crippen LogP contribution in [0.1, 0.15) is 54.0 Å². The summed E-state index contributed by atoms with van der Waals surface area (Å²) in [4.78, 5) is 18.8. The zero-order chi connectivity index (χ0) is 23.7. The van der Waals surface area contributed by atoms with Crippen molar-refractivity contribution in [3.05, 3.63) is 94.9 Å². The van der Waals surface area contributed by atoms with Gasteiger partial charge in [0, 0.05) is 19.0 Å². The van der Waals surface area contributed by atoms with Crippen molar-refractivity contribution in [2.75, 3.05) is 6.54 Å². The van der Waals surface area contributed by atoms with Gasteiger partial charge in [0.05, 0.1) is 0 Å². The molecule has 1 N–H and O–H groups in total. The second-order valence-electron chi connectivity index (χ2n) is 9.11. The largest absolute Gasteiger partial charge is 0.489 e. The summed E-state index contributed by atoms with van der Waals surface area (Å²) in [6.45, 7) is 5.76. The number of aliphatic carboxylic acids is 1. The first-order chi connectivity index (χ1) is 16.5. The van der Waals surface area contributed by atoms with Gasteiger partial charge in [-0.1, -0.05) is 56.3 Å². The van der Waals surface area contributed by atoms with Crippen LogP contribution in [0.3, 0.4) is 0 Å². The normalized spacial score (nSPS) is 16.0. The first-order valence-electron chi connectivity index (χ1n) is 11.6. The van der Waals surface area contributed by atoms with Crippen LogP contribution in [0.15, 0.2) is 71.1 Å². The molecule has 1 unspecified atom stereocenters. The Bertz CT molecular complexity index is 1310. The highest BCUT2D eigenvalue weighted by atomic mass is 16.5. The molecule has 0 saturated carbocycles. The Morgan fingerprint density at radius 1 is 1.12 bits per heavy atom. The van der Waals surface area contributed by atoms with Gasteiger partial charge in [-0.25, -0.2) is 4.98 Å². The molecular weight excluding hydrogens is 428 g/mol. The van der Waals surface area contributed by atoms with Crippen LogP contribution in [0, 0.1) is 0 Å². The summed E-state index contributed by atoms with van der Waals surface area (Å²) in [7, 11) is 0. The highest BCUT2D eigenvalue weighted by Gasteiger charge is 2.33. The van der Waals surface area contributed by atoms with E-state index in [-0.39, 0.29) is 5.92 Å². The van der Waals surface area contributed by atoms with Crippen LogP contribution in [0.5, 0.6) is 5.75 Å². The summed E-state index contributed by atoms with van der Waals surface area (Å²) >= 11 is 0. The minimum Gasteiger partial charge on any atom is -0.489 e. The van der Waals surface area contributed by atoms with E-state index in [2.05, 4.69) is 18.8 Å². The number of carboxylic acid groups (broad SMARTS) is 1. The van der Waals surface area contributed by atoms with Gasteiger partial charge in [-0.15, -0.1) is 0 Å². The molecule has 0 radical (unpaired) electrons. The van der Waals surface area contributed by atoms with Gasteiger partial charge in [0.1, 0.15) is 23.9 Å². The molecule has 1 aliphatic rings. The Hall–Kier alpha value is -3.64. The van der Waals surface area contributed by atoms with E-state index in [4.69, 9.17) is 9.15 Å². The standard InChI is InChI=1S/C28H28N2O4/c1-18(2)27-29-24-11-8-20(14-25(24)34-27)17-33-22-10-9-21-12-13-30(16-19-6-4-3-5-7-19)26(28(31)32)23(21)15-22/h3-11,14-15,18,26H,12-13,16-17H2,1-2H3,(H,31,32). The molecule has 1 atom stereocenters. The van der Waals surface area contributed by atoms with Gasteiger partial charge in [0.15, 0.2) is 11.5 Å². The number of benzene rings is 3. The van der Waals surface area contributed by atoms with Crippen molar-refractivity contribution >= 4 is 17.1 Å². The summed E-state index contributed by atoms with van der Waals surface area (Å²) in [6.07, 6.45) is 0.812. The highest BCUT2D eigenvalue weighted by Crippen LogP contribution is 2.34. The minimum absolute atomic E-state index is 0.228. The van der Waals surface area contributed by atoms with E-state index in [0.29, 0.717) is 25.4 Å². The van der Waals surface area contributed by atoms with Crippen LogP contribution in [-0.4, -0.2) is 27.5 Å². The van der Waals surface area contributed by atoms with Crippen LogP contribution in [0.25, 0.3) is 11.1 Å². The smallest absolute Gasteiger partial charge is 0.325 e.